The Morgan fingerprint density at radius 2 is 1.70 bits per heavy atom. The summed E-state index contributed by atoms with van der Waals surface area (Å²) in [5.74, 6) is -0.689. The number of anilines is 1. The summed E-state index contributed by atoms with van der Waals surface area (Å²) in [6, 6.07) is 6.08. The van der Waals surface area contributed by atoms with Crippen molar-refractivity contribution in [1.29, 1.82) is 0 Å². The van der Waals surface area contributed by atoms with Crippen molar-refractivity contribution in [3.8, 4) is 22.8 Å². The Morgan fingerprint density at radius 3 is 2.30 bits per heavy atom. The molecule has 4 aromatic rings. The Balaban J connectivity index is 1.26. The molecule has 0 radical (unpaired) electrons. The number of aromatic nitrogens is 3. The van der Waals surface area contributed by atoms with Crippen molar-refractivity contribution in [2.75, 3.05) is 51.1 Å². The van der Waals surface area contributed by atoms with Crippen molar-refractivity contribution in [2.45, 2.75) is 38.5 Å². The molecule has 3 aliphatic heterocycles. The van der Waals surface area contributed by atoms with Crippen molar-refractivity contribution in [3.63, 3.8) is 0 Å². The average molecular weight is 709 g/mol. The van der Waals surface area contributed by atoms with Gasteiger partial charge in [0.2, 0.25) is 10.0 Å². The molecule has 47 heavy (non-hydrogen) atoms. The molecule has 2 aromatic heterocycles. The lowest BCUT2D eigenvalue weighted by Crippen LogP contribution is -2.73. The number of pyridine rings is 1. The zero-order chi connectivity index (χ0) is 33.2. The van der Waals surface area contributed by atoms with E-state index in [0.717, 1.165) is 25.5 Å². The molecule has 250 valence electrons. The fourth-order valence-electron chi connectivity index (χ4n) is 6.87. The number of sulfonamides is 1. The van der Waals surface area contributed by atoms with Crippen LogP contribution in [0.1, 0.15) is 44.1 Å². The molecule has 2 atom stereocenters. The third-order valence-corrected chi connectivity index (χ3v) is 11.0. The van der Waals surface area contributed by atoms with Gasteiger partial charge in [0, 0.05) is 73.2 Å². The quantitative estimate of drug-likeness (QED) is 0.202. The van der Waals surface area contributed by atoms with Crippen LogP contribution in [0.25, 0.3) is 22.2 Å². The van der Waals surface area contributed by atoms with E-state index in [-0.39, 0.29) is 22.9 Å². The van der Waals surface area contributed by atoms with Gasteiger partial charge >= 0.3 is 0 Å². The van der Waals surface area contributed by atoms with Gasteiger partial charge < -0.3 is 19.1 Å². The van der Waals surface area contributed by atoms with Gasteiger partial charge in [0.05, 0.1) is 28.9 Å². The van der Waals surface area contributed by atoms with E-state index in [1.807, 2.05) is 0 Å². The first kappa shape index (κ1) is 32.3. The van der Waals surface area contributed by atoms with Crippen molar-refractivity contribution in [1.82, 2.24) is 19.1 Å². The van der Waals surface area contributed by atoms with E-state index in [2.05, 4.69) is 4.98 Å². The SMILES string of the molecule is COc1cc2c(cc1OC(C)c1c(Cl)cncc1Cl)c(-c1cc(F)c(N3CC4(C3)CN(S(C)(=O)=O)C4)c(F)c1)nn2C1CCCCO1. The predicted octanol–water partition coefficient (Wildman–Crippen LogP) is 6.61. The number of benzene rings is 2. The van der Waals surface area contributed by atoms with E-state index in [1.54, 1.807) is 28.6 Å². The summed E-state index contributed by atoms with van der Waals surface area (Å²) in [7, 11) is -1.76. The highest BCUT2D eigenvalue weighted by atomic mass is 35.5. The predicted molar refractivity (Wildman–Crippen MR) is 175 cm³/mol. The lowest BCUT2D eigenvalue weighted by molar-refractivity contribution is -0.0365. The molecular formula is C32H33Cl2F2N5O5S. The highest BCUT2D eigenvalue weighted by Crippen LogP contribution is 2.46. The molecule has 7 rings (SSSR count). The van der Waals surface area contributed by atoms with Gasteiger partial charge in [-0.05, 0) is 44.4 Å². The van der Waals surface area contributed by atoms with Crippen LogP contribution in [-0.2, 0) is 14.8 Å². The van der Waals surface area contributed by atoms with E-state index in [4.69, 9.17) is 42.5 Å². The Hall–Kier alpha value is -3.23. The lowest BCUT2D eigenvalue weighted by Gasteiger charge is -2.60. The first-order chi connectivity index (χ1) is 22.4. The van der Waals surface area contributed by atoms with E-state index >= 15 is 8.78 Å². The standard InChI is InChI=1S/C32H33Cl2F2N5O5S/c1-18(29-21(33)12-37-13-22(29)34)46-27-10-20-25(11-26(27)44-2)41(28-6-4-5-7-45-28)38-30(20)19-8-23(35)31(24(36)9-19)39-14-32(15-39)16-40(17-32)47(3,42)43/h8-13,18,28H,4-7,14-17H2,1-3H3. The van der Waals surface area contributed by atoms with Crippen LogP contribution in [0.15, 0.2) is 36.7 Å². The van der Waals surface area contributed by atoms with Crippen LogP contribution >= 0.6 is 23.2 Å². The van der Waals surface area contributed by atoms with Crippen LogP contribution in [-0.4, -0.2) is 73.6 Å². The molecule has 5 heterocycles. The lowest BCUT2D eigenvalue weighted by atomic mass is 9.74. The van der Waals surface area contributed by atoms with Crippen LogP contribution in [0.3, 0.4) is 0 Å². The summed E-state index contributed by atoms with van der Waals surface area (Å²) in [5, 5.41) is 6.13. The molecule has 0 amide bonds. The fraction of sp³-hybridized carbons (Fsp3) is 0.438. The molecule has 0 N–H and O–H groups in total. The fourth-order valence-corrected chi connectivity index (χ4v) is 8.55. The molecule has 1 spiro atoms. The molecule has 3 aliphatic rings. The van der Waals surface area contributed by atoms with Gasteiger partial charge in [0.15, 0.2) is 17.7 Å². The van der Waals surface area contributed by atoms with E-state index in [0.29, 0.717) is 76.5 Å². The molecule has 15 heteroatoms. The van der Waals surface area contributed by atoms with Crippen LogP contribution in [0.2, 0.25) is 10.0 Å². The third-order valence-electron chi connectivity index (χ3n) is 9.17. The number of halogens is 4. The maximum Gasteiger partial charge on any atom is 0.211 e. The van der Waals surface area contributed by atoms with Gasteiger partial charge in [-0.3, -0.25) is 4.98 Å². The first-order valence-electron chi connectivity index (χ1n) is 15.2. The van der Waals surface area contributed by atoms with Crippen molar-refractivity contribution in [2.24, 2.45) is 5.41 Å². The van der Waals surface area contributed by atoms with Gasteiger partial charge in [0.1, 0.15) is 29.1 Å². The number of rotatable bonds is 8. The normalized spacial score (nSPS) is 20.2. The summed E-state index contributed by atoms with van der Waals surface area (Å²) in [6.45, 7) is 3.80. The number of ether oxygens (including phenoxy) is 3. The molecular weight excluding hydrogens is 675 g/mol. The topological polar surface area (TPSA) is 99.0 Å². The number of hydrogen-bond acceptors (Lipinski definition) is 8. The van der Waals surface area contributed by atoms with Gasteiger partial charge in [-0.1, -0.05) is 23.2 Å². The molecule has 0 aliphatic carbocycles. The molecule has 2 unspecified atom stereocenters. The summed E-state index contributed by atoms with van der Waals surface area (Å²) in [6.07, 6.45) is 5.77. The maximum absolute atomic E-state index is 15.8. The summed E-state index contributed by atoms with van der Waals surface area (Å²) >= 11 is 12.8. The Bertz CT molecular complexity index is 1930. The minimum absolute atomic E-state index is 0.137. The largest absolute Gasteiger partial charge is 0.493 e. The van der Waals surface area contributed by atoms with E-state index in [9.17, 15) is 8.42 Å². The summed E-state index contributed by atoms with van der Waals surface area (Å²) in [4.78, 5) is 5.63. The summed E-state index contributed by atoms with van der Waals surface area (Å²) < 4.78 is 76.4. The molecule has 2 aromatic carbocycles. The Labute approximate surface area is 281 Å². The Morgan fingerprint density at radius 1 is 1.02 bits per heavy atom. The van der Waals surface area contributed by atoms with Crippen molar-refractivity contribution in [3.05, 3.63) is 63.9 Å². The van der Waals surface area contributed by atoms with Gasteiger partial charge in [-0.15, -0.1) is 0 Å². The third kappa shape index (κ3) is 5.79. The molecule has 3 saturated heterocycles. The Kier molecular flexibility index (Phi) is 8.27. The van der Waals surface area contributed by atoms with E-state index in [1.165, 1.54) is 35.9 Å². The minimum Gasteiger partial charge on any atom is -0.493 e. The van der Waals surface area contributed by atoms with Crippen LogP contribution < -0.4 is 14.4 Å². The zero-order valence-corrected chi connectivity index (χ0v) is 28.3. The number of hydrogen-bond donors (Lipinski definition) is 0. The monoisotopic (exact) mass is 707 g/mol. The number of fused-ring (bicyclic) bond motifs is 1. The molecule has 0 bridgehead atoms. The highest BCUT2D eigenvalue weighted by molar-refractivity contribution is 7.88. The first-order valence-corrected chi connectivity index (χ1v) is 17.8. The van der Waals surface area contributed by atoms with E-state index < -0.39 is 27.8 Å². The highest BCUT2D eigenvalue weighted by Gasteiger charge is 2.55. The van der Waals surface area contributed by atoms with Crippen LogP contribution in [0.5, 0.6) is 11.5 Å². The average Bonchev–Trinajstić information content (AvgIpc) is 3.34. The van der Waals surface area contributed by atoms with Gasteiger partial charge in [0.25, 0.3) is 0 Å². The molecule has 10 nitrogen and oxygen atoms in total. The van der Waals surface area contributed by atoms with Gasteiger partial charge in [-0.25, -0.2) is 26.2 Å². The minimum atomic E-state index is -3.29. The van der Waals surface area contributed by atoms with Gasteiger partial charge in [-0.2, -0.15) is 5.10 Å². The van der Waals surface area contributed by atoms with Crippen LogP contribution in [0.4, 0.5) is 14.5 Å². The van der Waals surface area contributed by atoms with Crippen LogP contribution in [0, 0.1) is 17.0 Å². The van der Waals surface area contributed by atoms with Crippen molar-refractivity contribution < 1.29 is 31.4 Å². The smallest absolute Gasteiger partial charge is 0.211 e. The molecule has 0 saturated carbocycles. The molecule has 3 fully saturated rings. The number of methoxy groups -OCH3 is 1. The number of nitrogens with zero attached hydrogens (tertiary/aromatic N) is 5. The maximum atomic E-state index is 15.8. The second-order valence-electron chi connectivity index (χ2n) is 12.6. The second-order valence-corrected chi connectivity index (χ2v) is 15.4. The van der Waals surface area contributed by atoms with Crippen molar-refractivity contribution >= 4 is 49.8 Å². The zero-order valence-electron chi connectivity index (χ0n) is 26.0. The summed E-state index contributed by atoms with van der Waals surface area (Å²) in [5.41, 5.74) is 1.38. The second kappa shape index (κ2) is 12.0.